The number of amides is 1. The quantitative estimate of drug-likeness (QED) is 0.466. The molecule has 2 aromatic rings. The van der Waals surface area contributed by atoms with E-state index >= 15 is 0 Å². The predicted octanol–water partition coefficient (Wildman–Crippen LogP) is 3.16. The topological polar surface area (TPSA) is 103 Å². The first-order chi connectivity index (χ1) is 12.5. The molecular formula is C18H19N3O5. The molecule has 0 aliphatic carbocycles. The van der Waals surface area contributed by atoms with Crippen molar-refractivity contribution in [3.8, 4) is 11.5 Å². The maximum atomic E-state index is 12.2. The highest BCUT2D eigenvalue weighted by molar-refractivity contribution is 6.01. The number of nitro benzene ring substituents is 1. The predicted molar refractivity (Wildman–Crippen MR) is 96.9 cm³/mol. The number of carbonyl (C=O) groups is 1. The summed E-state index contributed by atoms with van der Waals surface area (Å²) < 4.78 is 10.3. The third-order valence-electron chi connectivity index (χ3n) is 3.53. The number of benzene rings is 2. The van der Waals surface area contributed by atoms with E-state index in [9.17, 15) is 14.9 Å². The highest BCUT2D eigenvalue weighted by Gasteiger charge is 2.17. The van der Waals surface area contributed by atoms with Gasteiger partial charge in [0.1, 0.15) is 5.75 Å². The maximum absolute atomic E-state index is 12.2. The Morgan fingerprint density at radius 2 is 2.00 bits per heavy atom. The Bertz CT molecular complexity index is 848. The molecular weight excluding hydrogens is 338 g/mol. The van der Waals surface area contributed by atoms with Gasteiger partial charge in [-0.15, -0.1) is 0 Å². The summed E-state index contributed by atoms with van der Waals surface area (Å²) in [6.45, 7) is 3.72. The van der Waals surface area contributed by atoms with Crippen molar-refractivity contribution in [1.29, 1.82) is 0 Å². The number of hydrogen-bond acceptors (Lipinski definition) is 6. The van der Waals surface area contributed by atoms with Crippen LogP contribution in [0, 0.1) is 10.1 Å². The van der Waals surface area contributed by atoms with Gasteiger partial charge in [-0.25, -0.2) is 5.43 Å². The standard InChI is InChI=1S/C18H19N3O5/c1-4-26-17-9-8-13(11-16(17)21(23)24)12(2)19-20-18(22)14-6-5-7-15(10-14)25-3/h5-11H,4H2,1-3H3,(H,20,22)/b19-12-. The Kier molecular flexibility index (Phi) is 6.26. The molecule has 1 N–H and O–H groups in total. The van der Waals surface area contributed by atoms with Gasteiger partial charge in [0, 0.05) is 17.2 Å². The maximum Gasteiger partial charge on any atom is 0.311 e. The Morgan fingerprint density at radius 1 is 1.23 bits per heavy atom. The van der Waals surface area contributed by atoms with Gasteiger partial charge in [-0.2, -0.15) is 5.10 Å². The van der Waals surface area contributed by atoms with Crippen molar-refractivity contribution in [2.75, 3.05) is 13.7 Å². The minimum absolute atomic E-state index is 0.155. The molecule has 0 saturated heterocycles. The van der Waals surface area contributed by atoms with Crippen molar-refractivity contribution in [2.24, 2.45) is 5.10 Å². The van der Waals surface area contributed by atoms with E-state index in [1.54, 1.807) is 44.2 Å². The average Bonchev–Trinajstić information content (AvgIpc) is 2.66. The minimum atomic E-state index is -0.517. The lowest BCUT2D eigenvalue weighted by molar-refractivity contribution is -0.385. The number of rotatable bonds is 7. The van der Waals surface area contributed by atoms with Crippen LogP contribution in [0.1, 0.15) is 29.8 Å². The highest BCUT2D eigenvalue weighted by atomic mass is 16.6. The van der Waals surface area contributed by atoms with Crippen LogP contribution >= 0.6 is 0 Å². The smallest absolute Gasteiger partial charge is 0.311 e. The van der Waals surface area contributed by atoms with Gasteiger partial charge in [-0.1, -0.05) is 6.07 Å². The van der Waals surface area contributed by atoms with Crippen molar-refractivity contribution in [2.45, 2.75) is 13.8 Å². The summed E-state index contributed by atoms with van der Waals surface area (Å²) in [5.74, 6) is 0.332. The van der Waals surface area contributed by atoms with Gasteiger partial charge < -0.3 is 9.47 Å². The molecule has 2 aromatic carbocycles. The number of nitrogens with zero attached hydrogens (tertiary/aromatic N) is 2. The molecule has 0 radical (unpaired) electrons. The van der Waals surface area contributed by atoms with Crippen LogP contribution in [0.15, 0.2) is 47.6 Å². The molecule has 0 aliphatic heterocycles. The lowest BCUT2D eigenvalue weighted by atomic mass is 10.1. The summed E-state index contributed by atoms with van der Waals surface area (Å²) in [5.41, 5.74) is 3.59. The number of ether oxygens (including phenoxy) is 2. The second-order valence-electron chi connectivity index (χ2n) is 5.24. The van der Waals surface area contributed by atoms with E-state index in [-0.39, 0.29) is 11.4 Å². The number of nitrogens with one attached hydrogen (secondary N) is 1. The van der Waals surface area contributed by atoms with Gasteiger partial charge in [0.05, 0.1) is 24.4 Å². The van der Waals surface area contributed by atoms with Gasteiger partial charge in [0.25, 0.3) is 5.91 Å². The summed E-state index contributed by atoms with van der Waals surface area (Å²) in [6, 6.07) is 11.2. The third kappa shape index (κ3) is 4.56. The summed E-state index contributed by atoms with van der Waals surface area (Å²) in [5, 5.41) is 15.2. The number of nitro groups is 1. The summed E-state index contributed by atoms with van der Waals surface area (Å²) >= 11 is 0. The number of hydrogen-bond donors (Lipinski definition) is 1. The normalized spacial score (nSPS) is 11.0. The van der Waals surface area contributed by atoms with Crippen molar-refractivity contribution >= 4 is 17.3 Å². The fourth-order valence-electron chi connectivity index (χ4n) is 2.19. The van der Waals surface area contributed by atoms with Crippen LogP contribution < -0.4 is 14.9 Å². The largest absolute Gasteiger partial charge is 0.497 e. The van der Waals surface area contributed by atoms with Gasteiger partial charge >= 0.3 is 5.69 Å². The summed E-state index contributed by atoms with van der Waals surface area (Å²) in [4.78, 5) is 22.8. The third-order valence-corrected chi connectivity index (χ3v) is 3.53. The van der Waals surface area contributed by atoms with E-state index in [0.29, 0.717) is 29.2 Å². The first kappa shape index (κ1) is 18.9. The number of carbonyl (C=O) groups excluding carboxylic acids is 1. The first-order valence-electron chi connectivity index (χ1n) is 7.86. The highest BCUT2D eigenvalue weighted by Crippen LogP contribution is 2.28. The first-order valence-corrected chi connectivity index (χ1v) is 7.86. The van der Waals surface area contributed by atoms with Crippen LogP contribution in [0.2, 0.25) is 0 Å². The van der Waals surface area contributed by atoms with Gasteiger partial charge in [0.2, 0.25) is 0 Å². The zero-order valence-electron chi connectivity index (χ0n) is 14.7. The molecule has 2 rings (SSSR count). The van der Waals surface area contributed by atoms with Crippen LogP contribution in [-0.4, -0.2) is 30.3 Å². The Balaban J connectivity index is 2.19. The molecule has 8 nitrogen and oxygen atoms in total. The van der Waals surface area contributed by atoms with E-state index in [2.05, 4.69) is 10.5 Å². The van der Waals surface area contributed by atoms with E-state index in [0.717, 1.165) is 0 Å². The van der Waals surface area contributed by atoms with Crippen molar-refractivity contribution in [3.05, 3.63) is 63.7 Å². The van der Waals surface area contributed by atoms with Crippen LogP contribution in [0.3, 0.4) is 0 Å². The number of methoxy groups -OCH3 is 1. The van der Waals surface area contributed by atoms with Crippen molar-refractivity contribution in [1.82, 2.24) is 5.43 Å². The van der Waals surface area contributed by atoms with Crippen molar-refractivity contribution < 1.29 is 19.2 Å². The van der Waals surface area contributed by atoms with Crippen LogP contribution in [0.4, 0.5) is 5.69 Å². The van der Waals surface area contributed by atoms with E-state index < -0.39 is 10.8 Å². The Morgan fingerprint density at radius 3 is 2.65 bits per heavy atom. The molecule has 8 heteroatoms. The fraction of sp³-hybridized carbons (Fsp3) is 0.222. The van der Waals surface area contributed by atoms with Crippen LogP contribution in [0.5, 0.6) is 11.5 Å². The lowest BCUT2D eigenvalue weighted by Crippen LogP contribution is -2.19. The molecule has 0 saturated carbocycles. The molecule has 0 fully saturated rings. The Labute approximate surface area is 150 Å². The van der Waals surface area contributed by atoms with E-state index in [1.165, 1.54) is 19.2 Å². The minimum Gasteiger partial charge on any atom is -0.497 e. The summed E-state index contributed by atoms with van der Waals surface area (Å²) in [7, 11) is 1.51. The zero-order valence-corrected chi connectivity index (χ0v) is 14.7. The second-order valence-corrected chi connectivity index (χ2v) is 5.24. The molecule has 0 bridgehead atoms. The average molecular weight is 357 g/mol. The van der Waals surface area contributed by atoms with Crippen molar-refractivity contribution in [3.63, 3.8) is 0 Å². The lowest BCUT2D eigenvalue weighted by Gasteiger charge is -2.07. The van der Waals surface area contributed by atoms with Gasteiger partial charge in [-0.3, -0.25) is 14.9 Å². The van der Waals surface area contributed by atoms with Gasteiger partial charge in [0.15, 0.2) is 5.75 Å². The second kappa shape index (κ2) is 8.61. The molecule has 0 atom stereocenters. The molecule has 26 heavy (non-hydrogen) atoms. The molecule has 1 amide bonds. The molecule has 0 spiro atoms. The van der Waals surface area contributed by atoms with E-state index in [1.807, 2.05) is 0 Å². The van der Waals surface area contributed by atoms with Crippen LogP contribution in [-0.2, 0) is 0 Å². The summed E-state index contributed by atoms with van der Waals surface area (Å²) in [6.07, 6.45) is 0. The number of hydrazone groups is 1. The fourth-order valence-corrected chi connectivity index (χ4v) is 2.19. The zero-order chi connectivity index (χ0) is 19.1. The Hall–Kier alpha value is -3.42. The van der Waals surface area contributed by atoms with Crippen LogP contribution in [0.25, 0.3) is 0 Å². The molecule has 0 aliphatic rings. The van der Waals surface area contributed by atoms with E-state index in [4.69, 9.17) is 9.47 Å². The molecule has 0 aromatic heterocycles. The molecule has 136 valence electrons. The SMILES string of the molecule is CCOc1ccc(/C(C)=N\NC(=O)c2cccc(OC)c2)cc1[N+](=O)[O-]. The van der Waals surface area contributed by atoms with Gasteiger partial charge in [-0.05, 0) is 44.2 Å². The molecule has 0 heterocycles. The monoisotopic (exact) mass is 357 g/mol. The molecule has 0 unspecified atom stereocenters.